The Kier molecular flexibility index (Phi) is 6.02. The van der Waals surface area contributed by atoms with Gasteiger partial charge in [-0.1, -0.05) is 78.5 Å². The highest BCUT2D eigenvalue weighted by molar-refractivity contribution is 7.99. The van der Waals surface area contributed by atoms with E-state index in [1.165, 1.54) is 9.54 Å². The van der Waals surface area contributed by atoms with Gasteiger partial charge in [0.15, 0.2) is 11.0 Å². The molecule has 0 saturated heterocycles. The Labute approximate surface area is 203 Å². The fraction of sp³-hybridized carbons (Fsp3) is 0.154. The fourth-order valence-electron chi connectivity index (χ4n) is 4.04. The summed E-state index contributed by atoms with van der Waals surface area (Å²) in [5.41, 5.74) is 2.56. The molecule has 0 saturated carbocycles. The van der Waals surface area contributed by atoms with E-state index in [2.05, 4.69) is 29.3 Å². The molecule has 0 radical (unpaired) electrons. The van der Waals surface area contributed by atoms with Crippen molar-refractivity contribution in [1.29, 1.82) is 0 Å². The number of para-hydroxylation sites is 1. The summed E-state index contributed by atoms with van der Waals surface area (Å²) in [5, 5.41) is 10.8. The second kappa shape index (κ2) is 9.12. The van der Waals surface area contributed by atoms with Crippen LogP contribution >= 0.6 is 11.8 Å². The van der Waals surface area contributed by atoms with Crippen molar-refractivity contribution in [2.24, 2.45) is 0 Å². The Bertz CT molecular complexity index is 1540. The number of fused-ring (bicyclic) bond motifs is 1. The Balaban J connectivity index is 1.61. The molecule has 0 aliphatic carbocycles. The molecule has 34 heavy (non-hydrogen) atoms. The van der Waals surface area contributed by atoms with Crippen LogP contribution in [0.25, 0.3) is 22.3 Å². The molecule has 8 heteroatoms. The van der Waals surface area contributed by atoms with E-state index >= 15 is 0 Å². The zero-order valence-corrected chi connectivity index (χ0v) is 20.5. The molecule has 0 aliphatic heterocycles. The Hall–Kier alpha value is -3.36. The van der Waals surface area contributed by atoms with Gasteiger partial charge in [0.1, 0.15) is 0 Å². The van der Waals surface area contributed by atoms with Crippen LogP contribution in [0.1, 0.15) is 24.7 Å². The summed E-state index contributed by atoms with van der Waals surface area (Å²) in [6.07, 6.45) is 1.66. The van der Waals surface area contributed by atoms with E-state index < -0.39 is 10.0 Å². The summed E-state index contributed by atoms with van der Waals surface area (Å²) in [5.74, 6) is 0.656. The minimum Gasteiger partial charge on any atom is -0.302 e. The lowest BCUT2D eigenvalue weighted by atomic mass is 10.1. The smallest absolute Gasteiger partial charge is 0.268 e. The highest BCUT2D eigenvalue weighted by Crippen LogP contribution is 2.37. The number of benzene rings is 3. The van der Waals surface area contributed by atoms with Crippen molar-refractivity contribution in [2.75, 3.05) is 0 Å². The van der Waals surface area contributed by atoms with Crippen LogP contribution in [0.3, 0.4) is 0 Å². The quantitative estimate of drug-likeness (QED) is 0.262. The van der Waals surface area contributed by atoms with Crippen LogP contribution in [0.5, 0.6) is 0 Å². The lowest BCUT2D eigenvalue weighted by molar-refractivity contribution is 0.589. The topological polar surface area (TPSA) is 69.8 Å². The molecular weight excluding hydrogens is 464 g/mol. The summed E-state index contributed by atoms with van der Waals surface area (Å²) in [6.45, 7) is 4.85. The van der Waals surface area contributed by atoms with Crippen molar-refractivity contribution < 1.29 is 8.42 Å². The minimum atomic E-state index is -3.77. The summed E-state index contributed by atoms with van der Waals surface area (Å²) in [7, 11) is -3.77. The van der Waals surface area contributed by atoms with Gasteiger partial charge in [-0.3, -0.25) is 0 Å². The van der Waals surface area contributed by atoms with Crippen LogP contribution in [-0.2, 0) is 16.6 Å². The van der Waals surface area contributed by atoms with Crippen molar-refractivity contribution in [1.82, 2.24) is 18.7 Å². The third kappa shape index (κ3) is 3.93. The van der Waals surface area contributed by atoms with Gasteiger partial charge in [0.25, 0.3) is 10.0 Å². The number of nitrogens with zero attached hydrogens (tertiary/aromatic N) is 4. The van der Waals surface area contributed by atoms with Crippen LogP contribution in [0, 0.1) is 0 Å². The van der Waals surface area contributed by atoms with Gasteiger partial charge in [-0.25, -0.2) is 12.4 Å². The van der Waals surface area contributed by atoms with Crippen molar-refractivity contribution in [3.05, 3.63) is 96.7 Å². The number of rotatable bonds is 7. The lowest BCUT2D eigenvalue weighted by Gasteiger charge is -2.12. The Morgan fingerprint density at radius 2 is 1.53 bits per heavy atom. The average Bonchev–Trinajstić information content (AvgIpc) is 3.46. The Morgan fingerprint density at radius 3 is 2.24 bits per heavy atom. The summed E-state index contributed by atoms with van der Waals surface area (Å²) >= 11 is 1.64. The van der Waals surface area contributed by atoms with E-state index in [-0.39, 0.29) is 10.1 Å². The highest BCUT2D eigenvalue weighted by Gasteiger charge is 2.25. The van der Waals surface area contributed by atoms with Crippen LogP contribution in [0.15, 0.2) is 101 Å². The van der Waals surface area contributed by atoms with E-state index in [9.17, 15) is 8.42 Å². The predicted octanol–water partition coefficient (Wildman–Crippen LogP) is 6.01. The summed E-state index contributed by atoms with van der Waals surface area (Å²) in [4.78, 5) is 0.243. The summed E-state index contributed by atoms with van der Waals surface area (Å²) < 4.78 is 30.3. The van der Waals surface area contributed by atoms with Crippen LogP contribution in [0.2, 0.25) is 0 Å². The van der Waals surface area contributed by atoms with Gasteiger partial charge in [0.2, 0.25) is 0 Å². The molecular formula is C26H24N4O2S2. The average molecular weight is 489 g/mol. The van der Waals surface area contributed by atoms with E-state index in [0.29, 0.717) is 17.9 Å². The molecule has 0 fully saturated rings. The molecule has 6 nitrogen and oxygen atoms in total. The zero-order valence-electron chi connectivity index (χ0n) is 18.9. The second-order valence-electron chi connectivity index (χ2n) is 7.90. The standard InChI is InChI=1S/C26H24N4O2S2/c1-3-29-25(27-28-26(29)33-19(2)20-12-6-4-7-13-20)23-18-30(24-17-11-10-16-22(23)24)34(31,32)21-14-8-5-9-15-21/h4-19H,3H2,1-2H3/t19-/m1/s1. The van der Waals surface area contributed by atoms with E-state index in [0.717, 1.165) is 16.1 Å². The van der Waals surface area contributed by atoms with Crippen molar-refractivity contribution >= 4 is 32.7 Å². The van der Waals surface area contributed by atoms with Crippen LogP contribution in [-0.4, -0.2) is 27.2 Å². The van der Waals surface area contributed by atoms with E-state index in [4.69, 9.17) is 0 Å². The molecule has 0 N–H and O–H groups in total. The molecule has 172 valence electrons. The largest absolute Gasteiger partial charge is 0.302 e. The van der Waals surface area contributed by atoms with Gasteiger partial charge in [0.05, 0.1) is 10.4 Å². The zero-order chi connectivity index (χ0) is 23.7. The van der Waals surface area contributed by atoms with Crippen LogP contribution < -0.4 is 0 Å². The maximum absolute atomic E-state index is 13.5. The molecule has 1 atom stereocenters. The molecule has 3 aromatic carbocycles. The van der Waals surface area contributed by atoms with Gasteiger partial charge in [-0.2, -0.15) is 0 Å². The highest BCUT2D eigenvalue weighted by atomic mass is 32.2. The first-order valence-electron chi connectivity index (χ1n) is 11.1. The molecule has 2 aromatic heterocycles. The molecule has 5 rings (SSSR count). The van der Waals surface area contributed by atoms with Gasteiger partial charge in [0, 0.05) is 28.9 Å². The van der Waals surface area contributed by atoms with E-state index in [1.807, 2.05) is 54.0 Å². The van der Waals surface area contributed by atoms with Crippen molar-refractivity contribution in [3.8, 4) is 11.4 Å². The molecule has 0 bridgehead atoms. The number of hydrogen-bond acceptors (Lipinski definition) is 5. The first-order chi connectivity index (χ1) is 16.5. The number of aromatic nitrogens is 4. The van der Waals surface area contributed by atoms with Gasteiger partial charge in [-0.05, 0) is 37.6 Å². The normalized spacial score (nSPS) is 12.8. The van der Waals surface area contributed by atoms with Crippen LogP contribution in [0.4, 0.5) is 0 Å². The molecule has 5 aromatic rings. The fourth-order valence-corrected chi connectivity index (χ4v) is 6.47. The molecule has 0 aliphatic rings. The van der Waals surface area contributed by atoms with Gasteiger partial charge < -0.3 is 4.57 Å². The maximum atomic E-state index is 13.5. The predicted molar refractivity (Wildman–Crippen MR) is 136 cm³/mol. The number of hydrogen-bond donors (Lipinski definition) is 0. The molecule has 0 amide bonds. The number of thioether (sulfide) groups is 1. The minimum absolute atomic E-state index is 0.198. The second-order valence-corrected chi connectivity index (χ2v) is 11.0. The molecule has 0 spiro atoms. The molecule has 2 heterocycles. The Morgan fingerprint density at radius 1 is 0.882 bits per heavy atom. The maximum Gasteiger partial charge on any atom is 0.268 e. The third-order valence-corrected chi connectivity index (χ3v) is 8.63. The monoisotopic (exact) mass is 488 g/mol. The van der Waals surface area contributed by atoms with Gasteiger partial charge >= 0.3 is 0 Å². The first-order valence-corrected chi connectivity index (χ1v) is 13.4. The van der Waals surface area contributed by atoms with Crippen molar-refractivity contribution in [2.45, 2.75) is 35.7 Å². The first kappa shape index (κ1) is 22.4. The van der Waals surface area contributed by atoms with Gasteiger partial charge in [-0.15, -0.1) is 10.2 Å². The SMILES string of the molecule is CCn1c(S[C@H](C)c2ccccc2)nnc1-c1cn(S(=O)(=O)c2ccccc2)c2ccccc12. The van der Waals surface area contributed by atoms with E-state index in [1.54, 1.807) is 48.3 Å². The molecule has 0 unspecified atom stereocenters. The van der Waals surface area contributed by atoms with Crippen molar-refractivity contribution in [3.63, 3.8) is 0 Å². The third-order valence-electron chi connectivity index (χ3n) is 5.80. The lowest BCUT2D eigenvalue weighted by Crippen LogP contribution is -2.11. The summed E-state index contributed by atoms with van der Waals surface area (Å²) in [6, 6.07) is 26.3.